The molecule has 18 heavy (non-hydrogen) atoms. The lowest BCUT2D eigenvalue weighted by Gasteiger charge is -2.03. The monoisotopic (exact) mass is 248 g/mol. The molecule has 0 bridgehead atoms. The van der Waals surface area contributed by atoms with Crippen LogP contribution in [0, 0.1) is 0 Å². The molecule has 0 spiro atoms. The van der Waals surface area contributed by atoms with Crippen molar-refractivity contribution < 1.29 is 23.8 Å². The summed E-state index contributed by atoms with van der Waals surface area (Å²) in [5, 5.41) is 9.16. The number of carboxylic acid groups (broad SMARTS) is 1. The smallest absolute Gasteiger partial charge is 0.351 e. The van der Waals surface area contributed by atoms with Crippen LogP contribution in [-0.2, 0) is 4.79 Å². The molecule has 1 aromatic heterocycles. The molecule has 0 aliphatic rings. The summed E-state index contributed by atoms with van der Waals surface area (Å²) in [6, 6.07) is 5.48. The number of fused-ring (bicyclic) bond motifs is 1. The second-order valence-corrected chi connectivity index (χ2v) is 3.55. The lowest BCUT2D eigenvalue weighted by atomic mass is 10.2. The fraction of sp³-hybridized carbons (Fsp3) is 0.0833. The van der Waals surface area contributed by atoms with E-state index >= 15 is 0 Å². The third kappa shape index (κ3) is 2.22. The lowest BCUT2D eigenvalue weighted by molar-refractivity contribution is -0.131. The van der Waals surface area contributed by atoms with Crippen molar-refractivity contribution in [1.29, 1.82) is 0 Å². The summed E-state index contributed by atoms with van der Waals surface area (Å²) in [5.41, 5.74) is -1.17. The van der Waals surface area contributed by atoms with Crippen LogP contribution in [0.4, 0.5) is 0 Å². The van der Waals surface area contributed by atoms with E-state index in [9.17, 15) is 14.4 Å². The van der Waals surface area contributed by atoms with Crippen molar-refractivity contribution in [2.45, 2.75) is 6.92 Å². The van der Waals surface area contributed by atoms with Gasteiger partial charge in [0, 0.05) is 12.3 Å². The number of carbonyl (C=O) groups excluding carboxylic acids is 1. The minimum absolute atomic E-state index is 0.223. The second-order valence-electron chi connectivity index (χ2n) is 3.55. The normalized spacial score (nSPS) is 10.3. The Hall–Kier alpha value is -2.63. The second kappa shape index (κ2) is 4.33. The number of hydrogen-bond acceptors (Lipinski definition) is 5. The fourth-order valence-electron chi connectivity index (χ4n) is 1.48. The molecule has 0 fully saturated rings. The van der Waals surface area contributed by atoms with Gasteiger partial charge in [0.2, 0.25) is 0 Å². The molecule has 0 amide bonds. The molecule has 2 rings (SSSR count). The van der Waals surface area contributed by atoms with Crippen molar-refractivity contribution in [3.63, 3.8) is 0 Å². The van der Waals surface area contributed by atoms with Crippen molar-refractivity contribution in [2.24, 2.45) is 0 Å². The molecule has 2 aromatic rings. The highest BCUT2D eigenvalue weighted by molar-refractivity contribution is 5.91. The number of rotatable bonds is 2. The summed E-state index contributed by atoms with van der Waals surface area (Å²) in [5.74, 6) is -1.62. The average molecular weight is 248 g/mol. The van der Waals surface area contributed by atoms with Crippen LogP contribution in [0.15, 0.2) is 33.5 Å². The van der Waals surface area contributed by atoms with E-state index in [2.05, 4.69) is 0 Å². The van der Waals surface area contributed by atoms with Crippen LogP contribution in [0.3, 0.4) is 0 Å². The Morgan fingerprint density at radius 1 is 1.28 bits per heavy atom. The van der Waals surface area contributed by atoms with Crippen molar-refractivity contribution in [3.05, 3.63) is 40.2 Å². The number of ether oxygens (including phenoxy) is 1. The average Bonchev–Trinajstić information content (AvgIpc) is 2.27. The highest BCUT2D eigenvalue weighted by atomic mass is 16.5. The fourth-order valence-corrected chi connectivity index (χ4v) is 1.48. The minimum atomic E-state index is -1.37. The van der Waals surface area contributed by atoms with Gasteiger partial charge in [-0.3, -0.25) is 4.79 Å². The van der Waals surface area contributed by atoms with Crippen molar-refractivity contribution in [1.82, 2.24) is 0 Å². The number of hydrogen-bond donors (Lipinski definition) is 1. The Morgan fingerprint density at radius 3 is 2.61 bits per heavy atom. The zero-order valence-corrected chi connectivity index (χ0v) is 9.30. The van der Waals surface area contributed by atoms with Crippen molar-refractivity contribution in [3.8, 4) is 5.75 Å². The molecule has 0 atom stereocenters. The van der Waals surface area contributed by atoms with Crippen LogP contribution in [0.5, 0.6) is 5.75 Å². The first kappa shape index (κ1) is 11.8. The standard InChI is InChI=1S/C12H8O6/c1-6(13)17-8-2-3-10-7(4-8)5-9(11(14)15)12(16)18-10/h2-5H,1H3,(H,14,15). The van der Waals surface area contributed by atoms with Gasteiger partial charge in [-0.1, -0.05) is 0 Å². The van der Waals surface area contributed by atoms with E-state index in [0.717, 1.165) is 0 Å². The molecule has 0 saturated carbocycles. The van der Waals surface area contributed by atoms with E-state index < -0.39 is 23.1 Å². The first-order chi connectivity index (χ1) is 8.47. The molecule has 1 aromatic carbocycles. The Labute approximate surface area is 100 Å². The predicted octanol–water partition coefficient (Wildman–Crippen LogP) is 1.42. The van der Waals surface area contributed by atoms with Gasteiger partial charge < -0.3 is 14.3 Å². The van der Waals surface area contributed by atoms with Gasteiger partial charge in [-0.05, 0) is 24.3 Å². The predicted molar refractivity (Wildman–Crippen MR) is 60.8 cm³/mol. The maximum Gasteiger partial charge on any atom is 0.351 e. The lowest BCUT2D eigenvalue weighted by Crippen LogP contribution is -2.12. The van der Waals surface area contributed by atoms with Gasteiger partial charge in [0.15, 0.2) is 0 Å². The van der Waals surface area contributed by atoms with E-state index in [4.69, 9.17) is 14.3 Å². The third-order valence-electron chi connectivity index (χ3n) is 2.20. The van der Waals surface area contributed by atoms with E-state index in [0.29, 0.717) is 5.39 Å². The summed E-state index contributed by atoms with van der Waals surface area (Å²) in [6.45, 7) is 1.25. The summed E-state index contributed by atoms with van der Waals surface area (Å²) < 4.78 is 9.68. The van der Waals surface area contributed by atoms with Gasteiger partial charge in [-0.2, -0.15) is 0 Å². The summed E-state index contributed by atoms with van der Waals surface area (Å²) >= 11 is 0. The van der Waals surface area contributed by atoms with Gasteiger partial charge >= 0.3 is 17.6 Å². The van der Waals surface area contributed by atoms with Crippen LogP contribution >= 0.6 is 0 Å². The third-order valence-corrected chi connectivity index (χ3v) is 2.20. The number of carboxylic acids is 1. The first-order valence-electron chi connectivity index (χ1n) is 4.97. The van der Waals surface area contributed by atoms with Gasteiger partial charge in [0.05, 0.1) is 0 Å². The molecule has 0 unspecified atom stereocenters. The topological polar surface area (TPSA) is 93.8 Å². The van der Waals surface area contributed by atoms with Crippen LogP contribution in [-0.4, -0.2) is 17.0 Å². The Bertz CT molecular complexity index is 697. The van der Waals surface area contributed by atoms with Gasteiger partial charge in [0.25, 0.3) is 0 Å². The first-order valence-corrected chi connectivity index (χ1v) is 4.97. The highest BCUT2D eigenvalue weighted by Crippen LogP contribution is 2.20. The maximum absolute atomic E-state index is 11.3. The minimum Gasteiger partial charge on any atom is -0.477 e. The zero-order valence-electron chi connectivity index (χ0n) is 9.30. The Morgan fingerprint density at radius 2 is 2.00 bits per heavy atom. The molecule has 0 aliphatic carbocycles. The number of benzene rings is 1. The summed E-state index contributed by atoms with van der Waals surface area (Å²) in [4.78, 5) is 32.9. The zero-order chi connectivity index (χ0) is 13.3. The van der Waals surface area contributed by atoms with Crippen molar-refractivity contribution >= 4 is 22.9 Å². The molecule has 1 N–H and O–H groups in total. The van der Waals surface area contributed by atoms with E-state index in [1.54, 1.807) is 0 Å². The van der Waals surface area contributed by atoms with Crippen LogP contribution < -0.4 is 10.4 Å². The molecule has 1 heterocycles. The van der Waals surface area contributed by atoms with Crippen molar-refractivity contribution in [2.75, 3.05) is 0 Å². The van der Waals surface area contributed by atoms with E-state index in [1.165, 1.54) is 31.2 Å². The Kier molecular flexibility index (Phi) is 2.85. The van der Waals surface area contributed by atoms with Crippen LogP contribution in [0.25, 0.3) is 11.0 Å². The largest absolute Gasteiger partial charge is 0.477 e. The number of esters is 1. The molecular formula is C12H8O6. The highest BCUT2D eigenvalue weighted by Gasteiger charge is 2.12. The quantitative estimate of drug-likeness (QED) is 0.490. The van der Waals surface area contributed by atoms with E-state index in [-0.39, 0.29) is 11.3 Å². The van der Waals surface area contributed by atoms with Gasteiger partial charge in [0.1, 0.15) is 16.9 Å². The molecule has 0 saturated heterocycles. The number of carbonyl (C=O) groups is 2. The molecule has 0 aliphatic heterocycles. The maximum atomic E-state index is 11.3. The summed E-state index contributed by atoms with van der Waals surface area (Å²) in [6.07, 6.45) is 0. The van der Waals surface area contributed by atoms with Crippen LogP contribution in [0.1, 0.15) is 17.3 Å². The van der Waals surface area contributed by atoms with Gasteiger partial charge in [-0.15, -0.1) is 0 Å². The SMILES string of the molecule is CC(=O)Oc1ccc2oc(=O)c(C(=O)O)cc2c1. The Balaban J connectivity index is 2.61. The number of aromatic carboxylic acids is 1. The summed E-state index contributed by atoms with van der Waals surface area (Å²) in [7, 11) is 0. The van der Waals surface area contributed by atoms with Crippen LogP contribution in [0.2, 0.25) is 0 Å². The molecule has 92 valence electrons. The van der Waals surface area contributed by atoms with Gasteiger partial charge in [-0.25, -0.2) is 9.59 Å². The molecular weight excluding hydrogens is 240 g/mol. The molecule has 6 heteroatoms. The molecule has 0 radical (unpaired) electrons. The van der Waals surface area contributed by atoms with E-state index in [1.807, 2.05) is 0 Å². The molecule has 6 nitrogen and oxygen atoms in total.